The van der Waals surface area contributed by atoms with Gasteiger partial charge in [-0.1, -0.05) is 42.5 Å². The van der Waals surface area contributed by atoms with Crippen LogP contribution in [0.5, 0.6) is 0 Å². The van der Waals surface area contributed by atoms with E-state index in [0.717, 1.165) is 43.7 Å². The van der Waals surface area contributed by atoms with E-state index < -0.39 is 0 Å². The number of aryl methyl sites for hydroxylation is 2. The zero-order valence-corrected chi connectivity index (χ0v) is 15.3. The summed E-state index contributed by atoms with van der Waals surface area (Å²) in [7, 11) is 0. The average molecular weight is 347 g/mol. The van der Waals surface area contributed by atoms with Gasteiger partial charge in [-0.15, -0.1) is 0 Å². The van der Waals surface area contributed by atoms with E-state index in [1.165, 1.54) is 11.1 Å². The van der Waals surface area contributed by atoms with Crippen LogP contribution >= 0.6 is 0 Å². The molecular weight excluding hydrogens is 322 g/mol. The Bertz CT molecular complexity index is 900. The quantitative estimate of drug-likeness (QED) is 0.696. The molecule has 2 heterocycles. The van der Waals surface area contributed by atoms with Gasteiger partial charge in [0.15, 0.2) is 0 Å². The molecule has 1 atom stereocenters. The van der Waals surface area contributed by atoms with Crippen molar-refractivity contribution >= 4 is 16.9 Å². The lowest BCUT2D eigenvalue weighted by Gasteiger charge is -2.18. The molecule has 1 saturated heterocycles. The van der Waals surface area contributed by atoms with Gasteiger partial charge in [0, 0.05) is 19.5 Å². The molecule has 1 aliphatic heterocycles. The predicted molar refractivity (Wildman–Crippen MR) is 104 cm³/mol. The number of hydrogen-bond acceptors (Lipinski definition) is 2. The number of likely N-dealkylation sites (tertiary alicyclic amines) is 1. The van der Waals surface area contributed by atoms with Crippen LogP contribution in [-0.4, -0.2) is 33.4 Å². The highest BCUT2D eigenvalue weighted by molar-refractivity contribution is 5.77. The number of nitrogens with zero attached hydrogens (tertiary/aromatic N) is 3. The van der Waals surface area contributed by atoms with E-state index in [0.29, 0.717) is 12.5 Å². The van der Waals surface area contributed by atoms with Gasteiger partial charge in [0.25, 0.3) is 0 Å². The molecule has 4 nitrogen and oxygen atoms in total. The summed E-state index contributed by atoms with van der Waals surface area (Å²) >= 11 is 0. The molecule has 1 unspecified atom stereocenters. The number of rotatable bonds is 5. The van der Waals surface area contributed by atoms with Crippen molar-refractivity contribution in [2.75, 3.05) is 13.1 Å². The van der Waals surface area contributed by atoms with Crippen LogP contribution in [0.3, 0.4) is 0 Å². The number of benzene rings is 2. The van der Waals surface area contributed by atoms with E-state index in [1.807, 2.05) is 17.0 Å². The molecule has 1 amide bonds. The lowest BCUT2D eigenvalue weighted by molar-refractivity contribution is -0.130. The molecule has 0 spiro atoms. The molecule has 1 aromatic heterocycles. The van der Waals surface area contributed by atoms with Gasteiger partial charge in [-0.25, -0.2) is 4.98 Å². The van der Waals surface area contributed by atoms with Crippen LogP contribution in [0.25, 0.3) is 11.0 Å². The highest BCUT2D eigenvalue weighted by Crippen LogP contribution is 2.28. The van der Waals surface area contributed by atoms with E-state index in [1.54, 1.807) is 0 Å². The maximum Gasteiger partial charge on any atom is 0.222 e. The first kappa shape index (κ1) is 16.8. The third kappa shape index (κ3) is 3.36. The highest BCUT2D eigenvalue weighted by Gasteiger charge is 2.28. The first-order valence-corrected chi connectivity index (χ1v) is 9.47. The van der Waals surface area contributed by atoms with Crippen LogP contribution in [0.15, 0.2) is 54.6 Å². The molecule has 4 heteroatoms. The molecule has 1 fully saturated rings. The number of para-hydroxylation sites is 2. The summed E-state index contributed by atoms with van der Waals surface area (Å²) in [5.41, 5.74) is 3.52. The smallest absolute Gasteiger partial charge is 0.222 e. The Morgan fingerprint density at radius 2 is 1.88 bits per heavy atom. The Morgan fingerprint density at radius 1 is 1.12 bits per heavy atom. The Kier molecular flexibility index (Phi) is 4.74. The number of aromatic nitrogens is 2. The number of hydrogen-bond donors (Lipinski definition) is 0. The standard InChI is InChI=1S/C22H25N3O/c1-17-23-20-11-5-6-12-21(20)25(17)19-14-15-24(16-19)22(26)13-7-10-18-8-3-2-4-9-18/h2-6,8-9,11-12,19H,7,10,13-16H2,1H3. The van der Waals surface area contributed by atoms with Crippen molar-refractivity contribution in [2.45, 2.75) is 38.6 Å². The molecule has 0 saturated carbocycles. The summed E-state index contributed by atoms with van der Waals surface area (Å²) < 4.78 is 2.31. The number of fused-ring (bicyclic) bond motifs is 1. The SMILES string of the molecule is Cc1nc2ccccc2n1C1CCN(C(=O)CCCc2ccccc2)C1. The second-order valence-corrected chi connectivity index (χ2v) is 7.14. The van der Waals surface area contributed by atoms with Gasteiger partial charge in [-0.05, 0) is 43.9 Å². The maximum atomic E-state index is 12.6. The van der Waals surface area contributed by atoms with Gasteiger partial charge < -0.3 is 9.47 Å². The maximum absolute atomic E-state index is 12.6. The minimum Gasteiger partial charge on any atom is -0.341 e. The molecule has 0 aliphatic carbocycles. The van der Waals surface area contributed by atoms with Crippen LogP contribution in [0.2, 0.25) is 0 Å². The molecule has 0 radical (unpaired) electrons. The van der Waals surface area contributed by atoms with Gasteiger partial charge >= 0.3 is 0 Å². The summed E-state index contributed by atoms with van der Waals surface area (Å²) in [4.78, 5) is 19.3. The predicted octanol–water partition coefficient (Wildman–Crippen LogP) is 4.14. The third-order valence-corrected chi connectivity index (χ3v) is 5.35. The fraction of sp³-hybridized carbons (Fsp3) is 0.364. The van der Waals surface area contributed by atoms with Crippen molar-refractivity contribution in [2.24, 2.45) is 0 Å². The van der Waals surface area contributed by atoms with E-state index in [9.17, 15) is 4.79 Å². The van der Waals surface area contributed by atoms with Crippen LogP contribution in [0.4, 0.5) is 0 Å². The second-order valence-electron chi connectivity index (χ2n) is 7.14. The van der Waals surface area contributed by atoms with Crippen LogP contribution < -0.4 is 0 Å². The molecular formula is C22H25N3O. The number of amides is 1. The Labute approximate surface area is 154 Å². The van der Waals surface area contributed by atoms with Gasteiger partial charge in [0.2, 0.25) is 5.91 Å². The molecule has 0 N–H and O–H groups in total. The largest absolute Gasteiger partial charge is 0.341 e. The summed E-state index contributed by atoms with van der Waals surface area (Å²) in [5.74, 6) is 1.32. The molecule has 0 bridgehead atoms. The van der Waals surface area contributed by atoms with Crippen molar-refractivity contribution in [1.29, 1.82) is 0 Å². The van der Waals surface area contributed by atoms with Crippen molar-refractivity contribution in [3.05, 3.63) is 66.0 Å². The molecule has 2 aromatic carbocycles. The molecule has 134 valence electrons. The summed E-state index contributed by atoms with van der Waals surface area (Å²) in [6.45, 7) is 3.70. The molecule has 3 aromatic rings. The molecule has 26 heavy (non-hydrogen) atoms. The summed E-state index contributed by atoms with van der Waals surface area (Å²) in [6.07, 6.45) is 3.52. The lowest BCUT2D eigenvalue weighted by atomic mass is 10.1. The van der Waals surface area contributed by atoms with E-state index in [-0.39, 0.29) is 5.91 Å². The molecule has 1 aliphatic rings. The first-order valence-electron chi connectivity index (χ1n) is 9.47. The van der Waals surface area contributed by atoms with Gasteiger partial charge in [-0.3, -0.25) is 4.79 Å². The monoisotopic (exact) mass is 347 g/mol. The van der Waals surface area contributed by atoms with Gasteiger partial charge in [0.05, 0.1) is 17.1 Å². The topological polar surface area (TPSA) is 38.1 Å². The van der Waals surface area contributed by atoms with Crippen molar-refractivity contribution in [3.63, 3.8) is 0 Å². The number of carbonyl (C=O) groups excluding carboxylic acids is 1. The zero-order valence-electron chi connectivity index (χ0n) is 15.3. The average Bonchev–Trinajstić information content (AvgIpc) is 3.26. The second kappa shape index (κ2) is 7.32. The zero-order chi connectivity index (χ0) is 17.9. The Balaban J connectivity index is 1.37. The number of imidazole rings is 1. The Hall–Kier alpha value is -2.62. The lowest BCUT2D eigenvalue weighted by Crippen LogP contribution is -2.29. The van der Waals surface area contributed by atoms with Crippen molar-refractivity contribution in [1.82, 2.24) is 14.5 Å². The van der Waals surface area contributed by atoms with Crippen LogP contribution in [0, 0.1) is 6.92 Å². The minimum atomic E-state index is 0.283. The van der Waals surface area contributed by atoms with E-state index in [4.69, 9.17) is 0 Å². The highest BCUT2D eigenvalue weighted by atomic mass is 16.2. The van der Waals surface area contributed by atoms with E-state index >= 15 is 0 Å². The van der Waals surface area contributed by atoms with Crippen LogP contribution in [0.1, 0.15) is 36.7 Å². The van der Waals surface area contributed by atoms with Gasteiger partial charge in [-0.2, -0.15) is 0 Å². The van der Waals surface area contributed by atoms with Gasteiger partial charge in [0.1, 0.15) is 5.82 Å². The van der Waals surface area contributed by atoms with E-state index in [2.05, 4.69) is 58.9 Å². The first-order chi connectivity index (χ1) is 12.7. The summed E-state index contributed by atoms with van der Waals surface area (Å²) in [5, 5.41) is 0. The summed E-state index contributed by atoms with van der Waals surface area (Å²) in [6, 6.07) is 19.0. The Morgan fingerprint density at radius 3 is 2.73 bits per heavy atom. The third-order valence-electron chi connectivity index (χ3n) is 5.35. The minimum absolute atomic E-state index is 0.283. The normalized spacial score (nSPS) is 17.1. The fourth-order valence-electron chi connectivity index (χ4n) is 4.05. The number of carbonyl (C=O) groups is 1. The molecule has 4 rings (SSSR count). The van der Waals surface area contributed by atoms with Crippen molar-refractivity contribution < 1.29 is 4.79 Å². The fourth-order valence-corrected chi connectivity index (χ4v) is 4.05. The van der Waals surface area contributed by atoms with Crippen molar-refractivity contribution in [3.8, 4) is 0 Å². The van der Waals surface area contributed by atoms with Crippen LogP contribution in [-0.2, 0) is 11.2 Å².